The van der Waals surface area contributed by atoms with Crippen molar-refractivity contribution in [3.8, 4) is 16.5 Å². The third-order valence-electron chi connectivity index (χ3n) is 4.50. The van der Waals surface area contributed by atoms with Gasteiger partial charge >= 0.3 is 0 Å². The first-order valence-electron chi connectivity index (χ1n) is 8.18. The van der Waals surface area contributed by atoms with E-state index in [1.54, 1.807) is 32.0 Å². The number of hydrogen-bond acceptors (Lipinski definition) is 6. The molecule has 2 heterocycles. The Labute approximate surface area is 157 Å². The lowest BCUT2D eigenvalue weighted by atomic mass is 9.89. The van der Waals surface area contributed by atoms with Crippen LogP contribution in [0.3, 0.4) is 0 Å². The Kier molecular flexibility index (Phi) is 5.19. The highest BCUT2D eigenvalue weighted by molar-refractivity contribution is 7.90. The number of ether oxygens (including phenoxy) is 1. The maximum Gasteiger partial charge on any atom is 0.214 e. The van der Waals surface area contributed by atoms with Crippen LogP contribution in [0.15, 0.2) is 36.4 Å². The fourth-order valence-electron chi connectivity index (χ4n) is 2.80. The van der Waals surface area contributed by atoms with Crippen molar-refractivity contribution in [3.05, 3.63) is 46.8 Å². The zero-order valence-corrected chi connectivity index (χ0v) is 16.1. The van der Waals surface area contributed by atoms with E-state index in [0.717, 1.165) is 10.4 Å². The van der Waals surface area contributed by atoms with Gasteiger partial charge < -0.3 is 9.84 Å². The predicted octanol–water partition coefficient (Wildman–Crippen LogP) is 2.20. The summed E-state index contributed by atoms with van der Waals surface area (Å²) < 4.78 is 32.3. The molecule has 0 saturated carbocycles. The smallest absolute Gasteiger partial charge is 0.214 e. The largest absolute Gasteiger partial charge is 0.381 e. The second-order valence-electron chi connectivity index (χ2n) is 6.56. The molecule has 1 saturated heterocycles. The van der Waals surface area contributed by atoms with Gasteiger partial charge in [-0.15, -0.1) is 11.3 Å². The molecule has 0 radical (unpaired) electrons. The molecule has 3 rings (SSSR count). The molecule has 0 bridgehead atoms. The molecule has 2 unspecified atom stereocenters. The van der Waals surface area contributed by atoms with Crippen molar-refractivity contribution in [1.29, 1.82) is 5.26 Å². The Balaban J connectivity index is 1.86. The van der Waals surface area contributed by atoms with Crippen LogP contribution in [-0.2, 0) is 20.4 Å². The molecule has 2 atom stereocenters. The molecule has 1 aliphatic heterocycles. The Morgan fingerprint density at radius 3 is 2.58 bits per heavy atom. The lowest BCUT2D eigenvalue weighted by Crippen LogP contribution is -2.51. The standard InChI is InChI=1S/C18H20N2O4S2/c1-12(2)26(22,23)20-17-10-24-11-18(17,21)14-5-3-13(4-6-14)16-8-7-15(9-19)25-16/h3-8,12,17,20-21H,10-11H2,1-2H3. The Morgan fingerprint density at radius 1 is 1.31 bits per heavy atom. The van der Waals surface area contributed by atoms with Crippen LogP contribution in [0.4, 0.5) is 0 Å². The van der Waals surface area contributed by atoms with Gasteiger partial charge in [0.25, 0.3) is 0 Å². The van der Waals surface area contributed by atoms with Crippen molar-refractivity contribution in [2.45, 2.75) is 30.7 Å². The minimum absolute atomic E-state index is 0.0230. The second-order valence-corrected chi connectivity index (χ2v) is 9.91. The van der Waals surface area contributed by atoms with E-state index in [-0.39, 0.29) is 13.2 Å². The van der Waals surface area contributed by atoms with Crippen LogP contribution in [-0.4, -0.2) is 38.0 Å². The SMILES string of the molecule is CC(C)S(=O)(=O)NC1COCC1(O)c1ccc(-c2ccc(C#N)s2)cc1. The van der Waals surface area contributed by atoms with E-state index >= 15 is 0 Å². The quantitative estimate of drug-likeness (QED) is 0.813. The van der Waals surface area contributed by atoms with Crippen LogP contribution >= 0.6 is 11.3 Å². The zero-order valence-electron chi connectivity index (χ0n) is 14.5. The maximum atomic E-state index is 12.2. The summed E-state index contributed by atoms with van der Waals surface area (Å²) in [4.78, 5) is 1.59. The number of thiophene rings is 1. The normalized spacial score (nSPS) is 23.3. The van der Waals surface area contributed by atoms with Crippen LogP contribution in [0.2, 0.25) is 0 Å². The third kappa shape index (κ3) is 3.54. The molecule has 2 aromatic rings. The van der Waals surface area contributed by atoms with E-state index in [1.165, 1.54) is 11.3 Å². The van der Waals surface area contributed by atoms with E-state index < -0.39 is 26.9 Å². The maximum absolute atomic E-state index is 12.2. The average molecular weight is 393 g/mol. The van der Waals surface area contributed by atoms with E-state index in [2.05, 4.69) is 10.8 Å². The molecule has 138 valence electrons. The van der Waals surface area contributed by atoms with E-state index in [9.17, 15) is 13.5 Å². The topological polar surface area (TPSA) is 99.4 Å². The summed E-state index contributed by atoms with van der Waals surface area (Å²) >= 11 is 1.39. The van der Waals surface area contributed by atoms with E-state index in [4.69, 9.17) is 10.00 Å². The van der Waals surface area contributed by atoms with Crippen molar-refractivity contribution in [2.75, 3.05) is 13.2 Å². The third-order valence-corrected chi connectivity index (χ3v) is 7.39. The molecule has 6 nitrogen and oxygen atoms in total. The molecule has 1 fully saturated rings. The number of rotatable bonds is 5. The molecule has 1 aromatic heterocycles. The van der Waals surface area contributed by atoms with Crippen molar-refractivity contribution in [1.82, 2.24) is 4.72 Å². The summed E-state index contributed by atoms with van der Waals surface area (Å²) in [7, 11) is -3.53. The Hall–Kier alpha value is -1.76. The number of nitrogens with one attached hydrogen (secondary N) is 1. The summed E-state index contributed by atoms with van der Waals surface area (Å²) in [6, 6.07) is 12.3. The van der Waals surface area contributed by atoms with Gasteiger partial charge in [-0.25, -0.2) is 13.1 Å². The number of nitriles is 1. The molecule has 8 heteroatoms. The van der Waals surface area contributed by atoms with E-state index in [0.29, 0.717) is 10.4 Å². The van der Waals surface area contributed by atoms with Gasteiger partial charge in [-0.1, -0.05) is 24.3 Å². The summed E-state index contributed by atoms with van der Waals surface area (Å²) in [5.74, 6) is 0. The summed E-state index contributed by atoms with van der Waals surface area (Å²) in [6.07, 6.45) is 0. The van der Waals surface area contributed by atoms with Crippen molar-refractivity contribution in [3.63, 3.8) is 0 Å². The van der Waals surface area contributed by atoms with Gasteiger partial charge in [0.15, 0.2) is 0 Å². The number of benzene rings is 1. The molecular formula is C18H20N2O4S2. The average Bonchev–Trinajstić information content (AvgIpc) is 3.23. The monoisotopic (exact) mass is 392 g/mol. The van der Waals surface area contributed by atoms with Crippen LogP contribution in [0.5, 0.6) is 0 Å². The highest BCUT2D eigenvalue weighted by Crippen LogP contribution is 2.34. The van der Waals surface area contributed by atoms with Crippen LogP contribution in [0.1, 0.15) is 24.3 Å². The predicted molar refractivity (Wildman–Crippen MR) is 100 cm³/mol. The lowest BCUT2D eigenvalue weighted by Gasteiger charge is -2.29. The number of sulfonamides is 1. The van der Waals surface area contributed by atoms with Gasteiger partial charge in [-0.2, -0.15) is 5.26 Å². The highest BCUT2D eigenvalue weighted by atomic mass is 32.2. The minimum Gasteiger partial charge on any atom is -0.381 e. The van der Waals surface area contributed by atoms with Gasteiger partial charge in [0, 0.05) is 4.88 Å². The van der Waals surface area contributed by atoms with Gasteiger partial charge in [0.1, 0.15) is 16.5 Å². The Morgan fingerprint density at radius 2 is 2.00 bits per heavy atom. The molecule has 1 aliphatic rings. The van der Waals surface area contributed by atoms with E-state index in [1.807, 2.05) is 18.2 Å². The lowest BCUT2D eigenvalue weighted by molar-refractivity contribution is 0.0121. The second kappa shape index (κ2) is 7.10. The first kappa shape index (κ1) is 19.0. The molecule has 2 N–H and O–H groups in total. The fraction of sp³-hybridized carbons (Fsp3) is 0.389. The number of nitrogens with zero attached hydrogens (tertiary/aromatic N) is 1. The first-order valence-corrected chi connectivity index (χ1v) is 10.5. The van der Waals surface area contributed by atoms with Crippen molar-refractivity contribution < 1.29 is 18.3 Å². The number of hydrogen-bond donors (Lipinski definition) is 2. The molecule has 26 heavy (non-hydrogen) atoms. The van der Waals surface area contributed by atoms with Gasteiger partial charge in [0.05, 0.1) is 24.5 Å². The molecule has 0 amide bonds. The summed E-state index contributed by atoms with van der Waals surface area (Å²) in [6.45, 7) is 3.31. The molecule has 0 aliphatic carbocycles. The molecular weight excluding hydrogens is 372 g/mol. The van der Waals surface area contributed by atoms with Gasteiger partial charge in [-0.05, 0) is 37.1 Å². The zero-order chi connectivity index (χ0) is 18.9. The van der Waals surface area contributed by atoms with Crippen LogP contribution < -0.4 is 4.72 Å². The number of aliphatic hydroxyl groups is 1. The van der Waals surface area contributed by atoms with Crippen molar-refractivity contribution >= 4 is 21.4 Å². The summed E-state index contributed by atoms with van der Waals surface area (Å²) in [5, 5.41) is 19.4. The molecule has 0 spiro atoms. The van der Waals surface area contributed by atoms with Gasteiger partial charge in [-0.3, -0.25) is 0 Å². The Bertz CT molecular complexity index is 929. The van der Waals surface area contributed by atoms with Gasteiger partial charge in [0.2, 0.25) is 10.0 Å². The van der Waals surface area contributed by atoms with Crippen LogP contribution in [0.25, 0.3) is 10.4 Å². The molecule has 1 aromatic carbocycles. The van der Waals surface area contributed by atoms with Crippen molar-refractivity contribution in [2.24, 2.45) is 0 Å². The minimum atomic E-state index is -3.53. The first-order chi connectivity index (χ1) is 12.3. The fourth-order valence-corrected chi connectivity index (χ4v) is 4.54. The summed E-state index contributed by atoms with van der Waals surface area (Å²) in [5.41, 5.74) is 0.0997. The van der Waals surface area contributed by atoms with Crippen LogP contribution in [0, 0.1) is 11.3 Å². The highest BCUT2D eigenvalue weighted by Gasteiger charge is 2.46.